The van der Waals surface area contributed by atoms with Gasteiger partial charge >= 0.3 is 4.87 Å². The Hall–Kier alpha value is -2.53. The zero-order valence-electron chi connectivity index (χ0n) is 16.5. The molecule has 2 aromatic carbocycles. The lowest BCUT2D eigenvalue weighted by Crippen LogP contribution is -2.40. The molecule has 0 saturated carbocycles. The number of thiazole rings is 1. The number of ether oxygens (including phenoxy) is 1. The van der Waals surface area contributed by atoms with Crippen LogP contribution in [0.1, 0.15) is 15.9 Å². The first-order valence-corrected chi connectivity index (χ1v) is 11.6. The zero-order chi connectivity index (χ0) is 21.5. The maximum Gasteiger partial charge on any atom is 0.307 e. The van der Waals surface area contributed by atoms with E-state index in [0.29, 0.717) is 24.5 Å². The van der Waals surface area contributed by atoms with Gasteiger partial charge in [-0.1, -0.05) is 17.4 Å². The van der Waals surface area contributed by atoms with Gasteiger partial charge in [0.25, 0.3) is 5.91 Å². The predicted octanol–water partition coefficient (Wildman–Crippen LogP) is 2.18. The molecule has 1 amide bonds. The molecular weight excluding hydrogens is 426 g/mol. The number of anilines is 1. The van der Waals surface area contributed by atoms with Crippen molar-refractivity contribution in [2.75, 3.05) is 31.6 Å². The standard InChI is InChI=1S/C20H21N3O5S2/c1-13-3-5-15(30(26,27)23-7-9-28-10-8-23)12-16(13)19(24)21-14-4-6-17-18(11-14)29-20(25)22(17)2/h3-6,11-12H,7-10H2,1-2H3,(H,21,24). The number of hydrogen-bond acceptors (Lipinski definition) is 6. The summed E-state index contributed by atoms with van der Waals surface area (Å²) in [5.74, 6) is -0.408. The number of morpholine rings is 1. The average molecular weight is 448 g/mol. The number of fused-ring (bicyclic) bond motifs is 1. The van der Waals surface area contributed by atoms with Crippen LogP contribution in [0.5, 0.6) is 0 Å². The first kappa shape index (κ1) is 20.7. The molecule has 10 heteroatoms. The maximum atomic E-state index is 12.9. The van der Waals surface area contributed by atoms with Crippen LogP contribution >= 0.6 is 11.3 Å². The van der Waals surface area contributed by atoms with Gasteiger partial charge in [0.2, 0.25) is 10.0 Å². The fourth-order valence-corrected chi connectivity index (χ4v) is 5.71. The molecule has 0 bridgehead atoms. The summed E-state index contributed by atoms with van der Waals surface area (Å²) in [5.41, 5.74) is 2.28. The van der Waals surface area contributed by atoms with E-state index in [1.54, 1.807) is 42.8 Å². The summed E-state index contributed by atoms with van der Waals surface area (Å²) in [5, 5.41) is 2.81. The number of sulfonamides is 1. The van der Waals surface area contributed by atoms with Gasteiger partial charge in [0.05, 0.1) is 28.3 Å². The molecule has 8 nitrogen and oxygen atoms in total. The van der Waals surface area contributed by atoms with Gasteiger partial charge in [0.1, 0.15) is 0 Å². The monoisotopic (exact) mass is 447 g/mol. The van der Waals surface area contributed by atoms with Crippen molar-refractivity contribution in [3.05, 3.63) is 57.2 Å². The van der Waals surface area contributed by atoms with Crippen molar-refractivity contribution in [3.63, 3.8) is 0 Å². The smallest absolute Gasteiger partial charge is 0.307 e. The molecule has 0 atom stereocenters. The molecule has 1 fully saturated rings. The van der Waals surface area contributed by atoms with Crippen LogP contribution in [0.3, 0.4) is 0 Å². The number of aromatic nitrogens is 1. The van der Waals surface area contributed by atoms with E-state index in [2.05, 4.69) is 5.32 Å². The van der Waals surface area contributed by atoms with Crippen LogP contribution in [0.15, 0.2) is 46.1 Å². The number of carbonyl (C=O) groups is 1. The molecule has 3 aromatic rings. The van der Waals surface area contributed by atoms with Crippen LogP contribution in [-0.4, -0.2) is 49.5 Å². The summed E-state index contributed by atoms with van der Waals surface area (Å²) in [4.78, 5) is 24.7. The summed E-state index contributed by atoms with van der Waals surface area (Å²) >= 11 is 1.10. The minimum atomic E-state index is -3.70. The Labute approximate surface area is 177 Å². The van der Waals surface area contributed by atoms with Crippen molar-refractivity contribution >= 4 is 43.2 Å². The van der Waals surface area contributed by atoms with E-state index in [1.165, 1.54) is 16.4 Å². The molecule has 1 N–H and O–H groups in total. The molecule has 2 heterocycles. The molecule has 1 aliphatic rings. The van der Waals surface area contributed by atoms with E-state index in [9.17, 15) is 18.0 Å². The Bertz CT molecular complexity index is 1290. The van der Waals surface area contributed by atoms with Gasteiger partial charge in [-0.3, -0.25) is 9.59 Å². The van der Waals surface area contributed by atoms with Gasteiger partial charge in [-0.2, -0.15) is 4.31 Å². The third-order valence-electron chi connectivity index (χ3n) is 5.11. The SMILES string of the molecule is Cc1ccc(S(=O)(=O)N2CCOCC2)cc1C(=O)Nc1ccc2c(c1)sc(=O)n2C. The zero-order valence-corrected chi connectivity index (χ0v) is 18.2. The highest BCUT2D eigenvalue weighted by Crippen LogP contribution is 2.24. The first-order valence-electron chi connectivity index (χ1n) is 9.37. The molecule has 1 aliphatic heterocycles. The maximum absolute atomic E-state index is 12.9. The van der Waals surface area contributed by atoms with Crippen LogP contribution < -0.4 is 10.2 Å². The van der Waals surface area contributed by atoms with Crippen molar-refractivity contribution in [1.29, 1.82) is 0 Å². The summed E-state index contributed by atoms with van der Waals surface area (Å²) in [7, 11) is -2.00. The second-order valence-electron chi connectivity index (χ2n) is 7.06. The largest absolute Gasteiger partial charge is 0.379 e. The van der Waals surface area contributed by atoms with Crippen molar-refractivity contribution in [2.24, 2.45) is 7.05 Å². The van der Waals surface area contributed by atoms with Gasteiger partial charge in [-0.15, -0.1) is 0 Å². The van der Waals surface area contributed by atoms with Crippen LogP contribution in [-0.2, 0) is 21.8 Å². The van der Waals surface area contributed by atoms with E-state index < -0.39 is 15.9 Å². The minimum Gasteiger partial charge on any atom is -0.379 e. The highest BCUT2D eigenvalue weighted by molar-refractivity contribution is 7.89. The topological polar surface area (TPSA) is 97.7 Å². The lowest BCUT2D eigenvalue weighted by molar-refractivity contribution is 0.0730. The first-order chi connectivity index (χ1) is 14.3. The second kappa shape index (κ2) is 7.95. The molecule has 158 valence electrons. The van der Waals surface area contributed by atoms with Crippen LogP contribution in [0.4, 0.5) is 5.69 Å². The van der Waals surface area contributed by atoms with E-state index in [4.69, 9.17) is 4.74 Å². The van der Waals surface area contributed by atoms with Crippen molar-refractivity contribution in [3.8, 4) is 0 Å². The Morgan fingerprint density at radius 3 is 2.60 bits per heavy atom. The Morgan fingerprint density at radius 1 is 1.13 bits per heavy atom. The average Bonchev–Trinajstić information content (AvgIpc) is 3.02. The molecule has 30 heavy (non-hydrogen) atoms. The van der Waals surface area contributed by atoms with E-state index >= 15 is 0 Å². The number of nitrogens with one attached hydrogen (secondary N) is 1. The van der Waals surface area contributed by atoms with E-state index in [0.717, 1.165) is 21.6 Å². The molecule has 0 unspecified atom stereocenters. The lowest BCUT2D eigenvalue weighted by atomic mass is 10.1. The Balaban J connectivity index is 1.62. The summed E-state index contributed by atoms with van der Waals surface area (Å²) in [6, 6.07) is 9.79. The Morgan fingerprint density at radius 2 is 1.87 bits per heavy atom. The second-order valence-corrected chi connectivity index (χ2v) is 9.99. The van der Waals surface area contributed by atoms with Gasteiger partial charge in [0, 0.05) is 31.4 Å². The molecule has 0 spiro atoms. The van der Waals surface area contributed by atoms with Gasteiger partial charge in [-0.25, -0.2) is 8.42 Å². The predicted molar refractivity (Wildman–Crippen MR) is 116 cm³/mol. The molecule has 4 rings (SSSR count). The van der Waals surface area contributed by atoms with Crippen LogP contribution in [0.2, 0.25) is 0 Å². The summed E-state index contributed by atoms with van der Waals surface area (Å²) < 4.78 is 34.8. The van der Waals surface area contributed by atoms with E-state index in [1.807, 2.05) is 0 Å². The number of hydrogen-bond donors (Lipinski definition) is 1. The number of aryl methyl sites for hydroxylation is 2. The van der Waals surface area contributed by atoms with Crippen molar-refractivity contribution in [2.45, 2.75) is 11.8 Å². The molecule has 0 aliphatic carbocycles. The van der Waals surface area contributed by atoms with Gasteiger partial charge in [0.15, 0.2) is 0 Å². The van der Waals surface area contributed by atoms with Crippen molar-refractivity contribution < 1.29 is 17.9 Å². The fraction of sp³-hybridized carbons (Fsp3) is 0.300. The van der Waals surface area contributed by atoms with Gasteiger partial charge in [-0.05, 0) is 42.8 Å². The highest BCUT2D eigenvalue weighted by Gasteiger charge is 2.27. The third-order valence-corrected chi connectivity index (χ3v) is 8.00. The number of nitrogens with zero attached hydrogens (tertiary/aromatic N) is 2. The number of rotatable bonds is 4. The van der Waals surface area contributed by atoms with E-state index in [-0.39, 0.29) is 28.4 Å². The molecule has 0 radical (unpaired) electrons. The van der Waals surface area contributed by atoms with Crippen molar-refractivity contribution in [1.82, 2.24) is 8.87 Å². The number of carbonyl (C=O) groups excluding carboxylic acids is 1. The lowest BCUT2D eigenvalue weighted by Gasteiger charge is -2.26. The summed E-state index contributed by atoms with van der Waals surface area (Å²) in [6.07, 6.45) is 0. The van der Waals surface area contributed by atoms with Gasteiger partial charge < -0.3 is 14.6 Å². The highest BCUT2D eigenvalue weighted by atomic mass is 32.2. The van der Waals surface area contributed by atoms with Crippen LogP contribution in [0, 0.1) is 6.92 Å². The summed E-state index contributed by atoms with van der Waals surface area (Å²) in [6.45, 7) is 3.04. The third kappa shape index (κ3) is 3.79. The normalized spacial score (nSPS) is 15.4. The number of amides is 1. The molecule has 1 saturated heterocycles. The minimum absolute atomic E-state index is 0.0784. The fourth-order valence-electron chi connectivity index (χ4n) is 3.35. The molecule has 1 aromatic heterocycles. The Kier molecular flexibility index (Phi) is 5.49. The van der Waals surface area contributed by atoms with Crippen LogP contribution in [0.25, 0.3) is 10.2 Å². The quantitative estimate of drug-likeness (QED) is 0.661. The number of benzene rings is 2. The molecular formula is C20H21N3O5S2.